The summed E-state index contributed by atoms with van der Waals surface area (Å²) in [5.74, 6) is 0.199. The van der Waals surface area contributed by atoms with Gasteiger partial charge in [0.2, 0.25) is 0 Å². The number of alkyl halides is 3. The van der Waals surface area contributed by atoms with Crippen LogP contribution in [0.2, 0.25) is 0 Å². The smallest absolute Gasteiger partial charge is 0.419 e. The first kappa shape index (κ1) is 25.7. The maximum Gasteiger partial charge on any atom is 0.419 e. The van der Waals surface area contributed by atoms with Crippen molar-refractivity contribution in [1.29, 1.82) is 0 Å². The monoisotopic (exact) mass is 508 g/mol. The Morgan fingerprint density at radius 3 is 2.47 bits per heavy atom. The van der Waals surface area contributed by atoms with Gasteiger partial charge in [0.05, 0.1) is 36.4 Å². The standard InChI is InChI=1S/C25H28F4N4O3/c1-12(36-16-5-6-16)11-35-22-9-18-20(10-21(22)34-4)32-14(3)33-24(18)31-13(2)17-7-15(30)8-19(23(17)26)25(27,28)29/h7-10,12-13,16H,5-6,11,30H2,1-4H3,(H,31,32,33)/t12-,13+/m0/s1. The fraction of sp³-hybridized carbons (Fsp3) is 0.440. The van der Waals surface area contributed by atoms with E-state index in [4.69, 9.17) is 19.9 Å². The van der Waals surface area contributed by atoms with E-state index in [1.54, 1.807) is 19.1 Å². The topological polar surface area (TPSA) is 91.5 Å². The number of ether oxygens (including phenoxy) is 3. The lowest BCUT2D eigenvalue weighted by molar-refractivity contribution is -0.140. The van der Waals surface area contributed by atoms with Crippen LogP contribution >= 0.6 is 0 Å². The summed E-state index contributed by atoms with van der Waals surface area (Å²) in [5.41, 5.74) is 4.33. The lowest BCUT2D eigenvalue weighted by Gasteiger charge is -2.21. The molecule has 194 valence electrons. The van der Waals surface area contributed by atoms with Gasteiger partial charge in [-0.05, 0) is 51.8 Å². The first-order valence-electron chi connectivity index (χ1n) is 11.5. The third kappa shape index (κ3) is 5.72. The molecule has 3 N–H and O–H groups in total. The third-order valence-corrected chi connectivity index (χ3v) is 5.76. The lowest BCUT2D eigenvalue weighted by atomic mass is 10.0. The Bertz CT molecular complexity index is 1260. The minimum Gasteiger partial charge on any atom is -0.493 e. The van der Waals surface area contributed by atoms with E-state index in [9.17, 15) is 17.6 Å². The molecular weight excluding hydrogens is 480 g/mol. The number of hydrogen-bond donors (Lipinski definition) is 2. The first-order chi connectivity index (χ1) is 17.0. The maximum absolute atomic E-state index is 14.8. The molecule has 0 spiro atoms. The quantitative estimate of drug-likeness (QED) is 0.279. The van der Waals surface area contributed by atoms with Gasteiger partial charge in [0.25, 0.3) is 0 Å². The molecule has 3 aromatic rings. The second-order valence-corrected chi connectivity index (χ2v) is 8.93. The number of halogens is 4. The molecule has 1 heterocycles. The number of aromatic nitrogens is 2. The van der Waals surface area contributed by atoms with Crippen molar-refractivity contribution in [3.05, 3.63) is 47.0 Å². The number of nitrogens with zero attached hydrogens (tertiary/aromatic N) is 2. The molecule has 0 saturated heterocycles. The fourth-order valence-corrected chi connectivity index (χ4v) is 3.89. The van der Waals surface area contributed by atoms with Crippen LogP contribution in [0, 0.1) is 12.7 Å². The molecule has 11 heteroatoms. The Labute approximate surface area is 206 Å². The Morgan fingerprint density at radius 2 is 1.83 bits per heavy atom. The number of methoxy groups -OCH3 is 1. The van der Waals surface area contributed by atoms with E-state index in [1.165, 1.54) is 20.1 Å². The SMILES string of the molecule is COc1cc2nc(C)nc(N[C@H](C)c3cc(N)cc(C(F)(F)F)c3F)c2cc1OC[C@H](C)OC1CC1. The van der Waals surface area contributed by atoms with E-state index in [1.807, 2.05) is 6.92 Å². The highest BCUT2D eigenvalue weighted by molar-refractivity contribution is 5.92. The molecule has 1 fully saturated rings. The van der Waals surface area contributed by atoms with Crippen LogP contribution in [0.25, 0.3) is 10.9 Å². The van der Waals surface area contributed by atoms with Gasteiger partial charge in [-0.25, -0.2) is 14.4 Å². The van der Waals surface area contributed by atoms with Gasteiger partial charge in [-0.2, -0.15) is 13.2 Å². The largest absolute Gasteiger partial charge is 0.493 e. The molecule has 36 heavy (non-hydrogen) atoms. The maximum atomic E-state index is 14.8. The number of anilines is 2. The number of nitrogens with two attached hydrogens (primary N) is 1. The summed E-state index contributed by atoms with van der Waals surface area (Å²) >= 11 is 0. The van der Waals surface area contributed by atoms with Gasteiger partial charge in [0.15, 0.2) is 11.5 Å². The van der Waals surface area contributed by atoms with Crippen molar-refractivity contribution in [2.24, 2.45) is 0 Å². The summed E-state index contributed by atoms with van der Waals surface area (Å²) < 4.78 is 72.0. The van der Waals surface area contributed by atoms with E-state index >= 15 is 0 Å². The van der Waals surface area contributed by atoms with E-state index in [2.05, 4.69) is 15.3 Å². The van der Waals surface area contributed by atoms with E-state index in [0.29, 0.717) is 46.7 Å². The number of rotatable bonds is 9. The number of benzene rings is 2. The van der Waals surface area contributed by atoms with Gasteiger partial charge < -0.3 is 25.3 Å². The predicted molar refractivity (Wildman–Crippen MR) is 128 cm³/mol. The number of hydrogen-bond acceptors (Lipinski definition) is 7. The van der Waals surface area contributed by atoms with Crippen molar-refractivity contribution in [1.82, 2.24) is 9.97 Å². The van der Waals surface area contributed by atoms with Crippen LogP contribution in [0.3, 0.4) is 0 Å². The van der Waals surface area contributed by atoms with Crippen molar-refractivity contribution in [2.45, 2.75) is 58.0 Å². The fourth-order valence-electron chi connectivity index (χ4n) is 3.89. The van der Waals surface area contributed by atoms with Crippen molar-refractivity contribution >= 4 is 22.4 Å². The molecule has 1 aliphatic rings. The third-order valence-electron chi connectivity index (χ3n) is 5.76. The average molecular weight is 509 g/mol. The zero-order valence-corrected chi connectivity index (χ0v) is 20.4. The number of nitrogen functional groups attached to an aromatic ring is 1. The molecule has 2 atom stereocenters. The zero-order valence-electron chi connectivity index (χ0n) is 20.4. The molecule has 0 bridgehead atoms. The number of nitrogens with one attached hydrogen (secondary N) is 1. The van der Waals surface area contributed by atoms with Crippen LogP contribution in [0.1, 0.15) is 49.7 Å². The van der Waals surface area contributed by atoms with Gasteiger partial charge in [-0.3, -0.25) is 0 Å². The second-order valence-electron chi connectivity index (χ2n) is 8.93. The molecule has 7 nitrogen and oxygen atoms in total. The summed E-state index contributed by atoms with van der Waals surface area (Å²) in [6.07, 6.45) is -2.63. The molecule has 0 amide bonds. The van der Waals surface area contributed by atoms with E-state index < -0.39 is 23.6 Å². The van der Waals surface area contributed by atoms with Crippen LogP contribution in [0.15, 0.2) is 24.3 Å². The van der Waals surface area contributed by atoms with Gasteiger partial charge in [0, 0.05) is 22.7 Å². The van der Waals surface area contributed by atoms with Crippen LogP contribution in [0.4, 0.5) is 29.1 Å². The average Bonchev–Trinajstić information content (AvgIpc) is 3.61. The van der Waals surface area contributed by atoms with Crippen LogP contribution in [-0.2, 0) is 10.9 Å². The second kappa shape index (κ2) is 9.96. The molecule has 0 unspecified atom stereocenters. The summed E-state index contributed by atoms with van der Waals surface area (Å²) in [6.45, 7) is 5.41. The van der Waals surface area contributed by atoms with Gasteiger partial charge in [0.1, 0.15) is 24.1 Å². The van der Waals surface area contributed by atoms with Crippen LogP contribution < -0.4 is 20.5 Å². The Kier molecular flexibility index (Phi) is 7.12. The van der Waals surface area contributed by atoms with Crippen LogP contribution in [-0.4, -0.2) is 35.9 Å². The van der Waals surface area contributed by atoms with Crippen molar-refractivity contribution in [2.75, 3.05) is 24.8 Å². The summed E-state index contributed by atoms with van der Waals surface area (Å²) in [6, 6.07) is 4.23. The van der Waals surface area contributed by atoms with Gasteiger partial charge in [-0.1, -0.05) is 0 Å². The molecule has 1 aromatic heterocycles. The lowest BCUT2D eigenvalue weighted by Crippen LogP contribution is -2.19. The molecular formula is C25H28F4N4O3. The summed E-state index contributed by atoms with van der Waals surface area (Å²) in [5, 5.41) is 3.54. The minimum atomic E-state index is -4.88. The Morgan fingerprint density at radius 1 is 1.11 bits per heavy atom. The van der Waals surface area contributed by atoms with E-state index in [-0.39, 0.29) is 23.5 Å². The Hall–Kier alpha value is -3.34. The minimum absolute atomic E-state index is 0.126. The molecule has 0 aliphatic heterocycles. The molecule has 0 radical (unpaired) electrons. The van der Waals surface area contributed by atoms with E-state index in [0.717, 1.165) is 12.8 Å². The number of fused-ring (bicyclic) bond motifs is 1. The number of aryl methyl sites for hydroxylation is 1. The highest BCUT2D eigenvalue weighted by atomic mass is 19.4. The van der Waals surface area contributed by atoms with Gasteiger partial charge in [-0.15, -0.1) is 0 Å². The van der Waals surface area contributed by atoms with Crippen molar-refractivity contribution in [3.63, 3.8) is 0 Å². The highest BCUT2D eigenvalue weighted by Crippen LogP contribution is 2.38. The van der Waals surface area contributed by atoms with Gasteiger partial charge >= 0.3 is 6.18 Å². The van der Waals surface area contributed by atoms with Crippen molar-refractivity contribution < 1.29 is 31.8 Å². The first-order valence-corrected chi connectivity index (χ1v) is 11.5. The van der Waals surface area contributed by atoms with Crippen LogP contribution in [0.5, 0.6) is 11.5 Å². The zero-order chi connectivity index (χ0) is 26.2. The molecule has 1 aliphatic carbocycles. The summed E-state index contributed by atoms with van der Waals surface area (Å²) in [7, 11) is 1.51. The normalized spacial score (nSPS) is 15.6. The molecule has 4 rings (SSSR count). The highest BCUT2D eigenvalue weighted by Gasteiger charge is 2.36. The van der Waals surface area contributed by atoms with Crippen molar-refractivity contribution in [3.8, 4) is 11.5 Å². The summed E-state index contributed by atoms with van der Waals surface area (Å²) in [4.78, 5) is 8.84. The molecule has 2 aromatic carbocycles. The Balaban J connectivity index is 1.67. The molecule has 1 saturated carbocycles. The predicted octanol–water partition coefficient (Wildman–Crippen LogP) is 5.81.